The van der Waals surface area contributed by atoms with Gasteiger partial charge in [-0.25, -0.2) is 0 Å². The SMILES string of the molecule is O=C1CNCCCN1Cc1ccc2ccccc2n1. The summed E-state index contributed by atoms with van der Waals surface area (Å²) in [5, 5.41) is 4.27. The van der Waals surface area contributed by atoms with Crippen LogP contribution in [-0.2, 0) is 11.3 Å². The van der Waals surface area contributed by atoms with Gasteiger partial charge in [-0.1, -0.05) is 24.3 Å². The summed E-state index contributed by atoms with van der Waals surface area (Å²) in [5.74, 6) is 0.160. The van der Waals surface area contributed by atoms with Crippen LogP contribution in [0.4, 0.5) is 0 Å². The maximum atomic E-state index is 11.9. The van der Waals surface area contributed by atoms with Crippen molar-refractivity contribution in [2.45, 2.75) is 13.0 Å². The predicted octanol–water partition coefficient (Wildman–Crippen LogP) is 1.56. The Balaban J connectivity index is 1.82. The minimum atomic E-state index is 0.160. The number of carbonyl (C=O) groups is 1. The van der Waals surface area contributed by atoms with Crippen LogP contribution in [0, 0.1) is 0 Å². The highest BCUT2D eigenvalue weighted by molar-refractivity contribution is 5.79. The van der Waals surface area contributed by atoms with Crippen LogP contribution in [0.25, 0.3) is 10.9 Å². The molecule has 0 radical (unpaired) electrons. The molecule has 2 heterocycles. The number of nitrogens with zero attached hydrogens (tertiary/aromatic N) is 2. The summed E-state index contributed by atoms with van der Waals surface area (Å²) in [6, 6.07) is 12.1. The molecule has 0 aliphatic carbocycles. The van der Waals surface area contributed by atoms with Crippen molar-refractivity contribution in [1.82, 2.24) is 15.2 Å². The van der Waals surface area contributed by atoms with Gasteiger partial charge in [0.05, 0.1) is 24.3 Å². The molecule has 19 heavy (non-hydrogen) atoms. The summed E-state index contributed by atoms with van der Waals surface area (Å²) in [5.41, 5.74) is 1.94. The van der Waals surface area contributed by atoms with Crippen LogP contribution < -0.4 is 5.32 Å². The smallest absolute Gasteiger partial charge is 0.236 e. The standard InChI is InChI=1S/C15H17N3O/c19-15-10-16-8-3-9-18(15)11-13-7-6-12-4-1-2-5-14(12)17-13/h1-2,4-7,16H,3,8-11H2. The van der Waals surface area contributed by atoms with E-state index in [0.717, 1.165) is 36.1 Å². The van der Waals surface area contributed by atoms with E-state index >= 15 is 0 Å². The number of benzene rings is 1. The quantitative estimate of drug-likeness (QED) is 0.885. The molecule has 0 saturated carbocycles. The van der Waals surface area contributed by atoms with Crippen LogP contribution in [0.3, 0.4) is 0 Å². The molecule has 1 saturated heterocycles. The molecule has 1 aromatic heterocycles. The maximum absolute atomic E-state index is 11.9. The van der Waals surface area contributed by atoms with E-state index in [0.29, 0.717) is 13.1 Å². The lowest BCUT2D eigenvalue weighted by atomic mass is 10.2. The maximum Gasteiger partial charge on any atom is 0.236 e. The molecule has 4 heteroatoms. The van der Waals surface area contributed by atoms with Gasteiger partial charge in [-0.3, -0.25) is 9.78 Å². The van der Waals surface area contributed by atoms with Gasteiger partial charge >= 0.3 is 0 Å². The van der Waals surface area contributed by atoms with Gasteiger partial charge in [0.2, 0.25) is 5.91 Å². The van der Waals surface area contributed by atoms with E-state index in [1.165, 1.54) is 0 Å². The molecule has 0 bridgehead atoms. The van der Waals surface area contributed by atoms with Crippen LogP contribution in [0.2, 0.25) is 0 Å². The number of carbonyl (C=O) groups excluding carboxylic acids is 1. The molecule has 3 rings (SSSR count). The highest BCUT2D eigenvalue weighted by Gasteiger charge is 2.16. The number of nitrogens with one attached hydrogen (secondary N) is 1. The normalized spacial score (nSPS) is 16.6. The van der Waals surface area contributed by atoms with Crippen molar-refractivity contribution in [2.75, 3.05) is 19.6 Å². The second kappa shape index (κ2) is 5.36. The number of pyridine rings is 1. The molecule has 1 amide bonds. The first-order valence-electron chi connectivity index (χ1n) is 6.66. The average Bonchev–Trinajstić information content (AvgIpc) is 2.64. The molecular weight excluding hydrogens is 238 g/mol. The monoisotopic (exact) mass is 255 g/mol. The largest absolute Gasteiger partial charge is 0.336 e. The summed E-state index contributed by atoms with van der Waals surface area (Å²) >= 11 is 0. The number of amides is 1. The van der Waals surface area contributed by atoms with Gasteiger partial charge in [-0.2, -0.15) is 0 Å². The number of fused-ring (bicyclic) bond motifs is 1. The lowest BCUT2D eigenvalue weighted by Gasteiger charge is -2.19. The molecule has 0 atom stereocenters. The lowest BCUT2D eigenvalue weighted by molar-refractivity contribution is -0.130. The predicted molar refractivity (Wildman–Crippen MR) is 74.6 cm³/mol. The summed E-state index contributed by atoms with van der Waals surface area (Å²) in [6.45, 7) is 2.76. The fourth-order valence-corrected chi connectivity index (χ4v) is 2.39. The van der Waals surface area contributed by atoms with Crippen molar-refractivity contribution in [3.8, 4) is 0 Å². The molecule has 1 fully saturated rings. The van der Waals surface area contributed by atoms with Crippen LogP contribution in [0.1, 0.15) is 12.1 Å². The fourth-order valence-electron chi connectivity index (χ4n) is 2.39. The van der Waals surface area contributed by atoms with Crippen molar-refractivity contribution >= 4 is 16.8 Å². The molecule has 4 nitrogen and oxygen atoms in total. The van der Waals surface area contributed by atoms with E-state index in [9.17, 15) is 4.79 Å². The number of aromatic nitrogens is 1. The molecule has 0 spiro atoms. The molecule has 1 aromatic carbocycles. The minimum absolute atomic E-state index is 0.160. The molecule has 1 aliphatic rings. The number of para-hydroxylation sites is 1. The minimum Gasteiger partial charge on any atom is -0.336 e. The number of hydrogen-bond donors (Lipinski definition) is 1. The Morgan fingerprint density at radius 1 is 1.21 bits per heavy atom. The van der Waals surface area contributed by atoms with E-state index in [1.54, 1.807) is 0 Å². The summed E-state index contributed by atoms with van der Waals surface area (Å²) < 4.78 is 0. The topological polar surface area (TPSA) is 45.2 Å². The van der Waals surface area contributed by atoms with Crippen LogP contribution in [0.5, 0.6) is 0 Å². The third kappa shape index (κ3) is 2.74. The average molecular weight is 255 g/mol. The van der Waals surface area contributed by atoms with E-state index in [2.05, 4.69) is 16.4 Å². The van der Waals surface area contributed by atoms with E-state index in [-0.39, 0.29) is 5.91 Å². The number of rotatable bonds is 2. The van der Waals surface area contributed by atoms with E-state index in [1.807, 2.05) is 35.2 Å². The van der Waals surface area contributed by atoms with Gasteiger partial charge in [-0.15, -0.1) is 0 Å². The Morgan fingerprint density at radius 3 is 3.05 bits per heavy atom. The zero-order valence-corrected chi connectivity index (χ0v) is 10.8. The third-order valence-electron chi connectivity index (χ3n) is 3.42. The van der Waals surface area contributed by atoms with Gasteiger partial charge < -0.3 is 10.2 Å². The Hall–Kier alpha value is -1.94. The van der Waals surface area contributed by atoms with Crippen molar-refractivity contribution in [1.29, 1.82) is 0 Å². The Morgan fingerprint density at radius 2 is 2.11 bits per heavy atom. The van der Waals surface area contributed by atoms with Gasteiger partial charge in [0.15, 0.2) is 0 Å². The Bertz CT molecular complexity index is 597. The second-order valence-electron chi connectivity index (χ2n) is 4.84. The van der Waals surface area contributed by atoms with E-state index in [4.69, 9.17) is 0 Å². The first-order chi connectivity index (χ1) is 9.33. The summed E-state index contributed by atoms with van der Waals surface area (Å²) in [7, 11) is 0. The van der Waals surface area contributed by atoms with Crippen LogP contribution >= 0.6 is 0 Å². The zero-order chi connectivity index (χ0) is 13.1. The summed E-state index contributed by atoms with van der Waals surface area (Å²) in [6.07, 6.45) is 0.999. The molecule has 98 valence electrons. The Labute approximate surface area is 112 Å². The first-order valence-corrected chi connectivity index (χ1v) is 6.66. The summed E-state index contributed by atoms with van der Waals surface area (Å²) in [4.78, 5) is 18.4. The van der Waals surface area contributed by atoms with Gasteiger partial charge in [0, 0.05) is 11.9 Å². The van der Waals surface area contributed by atoms with Gasteiger partial charge in [-0.05, 0) is 25.1 Å². The van der Waals surface area contributed by atoms with Crippen molar-refractivity contribution in [2.24, 2.45) is 0 Å². The Kier molecular flexibility index (Phi) is 3.42. The van der Waals surface area contributed by atoms with Crippen molar-refractivity contribution in [3.05, 3.63) is 42.1 Å². The molecular formula is C15H17N3O. The second-order valence-corrected chi connectivity index (χ2v) is 4.84. The first kappa shape index (κ1) is 12.1. The molecule has 1 N–H and O–H groups in total. The van der Waals surface area contributed by atoms with Crippen LogP contribution in [0.15, 0.2) is 36.4 Å². The van der Waals surface area contributed by atoms with Crippen molar-refractivity contribution < 1.29 is 4.79 Å². The third-order valence-corrected chi connectivity index (χ3v) is 3.42. The molecule has 0 unspecified atom stereocenters. The lowest BCUT2D eigenvalue weighted by Crippen LogP contribution is -2.34. The fraction of sp³-hybridized carbons (Fsp3) is 0.333. The zero-order valence-electron chi connectivity index (χ0n) is 10.8. The van der Waals surface area contributed by atoms with Gasteiger partial charge in [0.25, 0.3) is 0 Å². The highest BCUT2D eigenvalue weighted by Crippen LogP contribution is 2.13. The van der Waals surface area contributed by atoms with Gasteiger partial charge in [0.1, 0.15) is 0 Å². The van der Waals surface area contributed by atoms with Crippen LogP contribution in [-0.4, -0.2) is 35.4 Å². The highest BCUT2D eigenvalue weighted by atomic mass is 16.2. The van der Waals surface area contributed by atoms with Crippen molar-refractivity contribution in [3.63, 3.8) is 0 Å². The van der Waals surface area contributed by atoms with E-state index < -0.39 is 0 Å². The molecule has 2 aromatic rings. The molecule has 1 aliphatic heterocycles. The number of hydrogen-bond acceptors (Lipinski definition) is 3.